The van der Waals surface area contributed by atoms with Crippen molar-refractivity contribution in [1.82, 2.24) is 0 Å². The first-order valence-corrected chi connectivity index (χ1v) is 9.29. The van der Waals surface area contributed by atoms with Gasteiger partial charge in [-0.15, -0.1) is 0 Å². The summed E-state index contributed by atoms with van der Waals surface area (Å²) in [4.78, 5) is 25.3. The maximum atomic E-state index is 13.1. The molecule has 0 aliphatic rings. The molecule has 0 aliphatic heterocycles. The van der Waals surface area contributed by atoms with Gasteiger partial charge in [0.1, 0.15) is 5.58 Å². The molecule has 2 heterocycles. The molecule has 148 valence electrons. The Balaban J connectivity index is 2.08. The number of rotatable bonds is 6. The molecule has 6 nitrogen and oxygen atoms in total. The number of fused-ring (bicyclic) bond motifs is 1. The van der Waals surface area contributed by atoms with E-state index in [1.54, 1.807) is 18.2 Å². The van der Waals surface area contributed by atoms with Crippen molar-refractivity contribution in [1.29, 1.82) is 0 Å². The molecule has 1 atom stereocenters. The quantitative estimate of drug-likeness (QED) is 0.539. The molecule has 0 amide bonds. The van der Waals surface area contributed by atoms with Crippen molar-refractivity contribution in [2.45, 2.75) is 33.8 Å². The van der Waals surface area contributed by atoms with Gasteiger partial charge in [0.2, 0.25) is 16.9 Å². The highest BCUT2D eigenvalue weighted by molar-refractivity contribution is 6.32. The van der Waals surface area contributed by atoms with Crippen molar-refractivity contribution < 1.29 is 23.1 Å². The van der Waals surface area contributed by atoms with E-state index in [1.165, 1.54) is 19.3 Å². The predicted molar refractivity (Wildman–Crippen MR) is 106 cm³/mol. The van der Waals surface area contributed by atoms with E-state index in [2.05, 4.69) is 0 Å². The fourth-order valence-electron chi connectivity index (χ4n) is 2.57. The summed E-state index contributed by atoms with van der Waals surface area (Å²) in [5, 5.41) is 0.685. The summed E-state index contributed by atoms with van der Waals surface area (Å²) in [6.07, 6.45) is 0.449. The molecule has 1 aromatic carbocycles. The summed E-state index contributed by atoms with van der Waals surface area (Å²) in [7, 11) is 0. The Morgan fingerprint density at radius 3 is 2.64 bits per heavy atom. The van der Waals surface area contributed by atoms with Gasteiger partial charge in [-0.05, 0) is 49.6 Å². The van der Waals surface area contributed by atoms with Gasteiger partial charge in [0.25, 0.3) is 0 Å². The molecule has 0 saturated carbocycles. The van der Waals surface area contributed by atoms with Crippen molar-refractivity contribution in [3.8, 4) is 17.3 Å². The lowest BCUT2D eigenvalue weighted by molar-refractivity contribution is -0.152. The summed E-state index contributed by atoms with van der Waals surface area (Å²) >= 11 is 6.16. The summed E-state index contributed by atoms with van der Waals surface area (Å²) < 4.78 is 22.2. The van der Waals surface area contributed by atoms with E-state index in [1.807, 2.05) is 20.8 Å². The van der Waals surface area contributed by atoms with Crippen LogP contribution in [-0.4, -0.2) is 18.7 Å². The molecule has 0 N–H and O–H groups in total. The molecule has 28 heavy (non-hydrogen) atoms. The Bertz CT molecular complexity index is 1050. The van der Waals surface area contributed by atoms with E-state index in [4.69, 9.17) is 29.9 Å². The number of furan rings is 1. The number of carbonyl (C=O) groups excluding carboxylic acids is 1. The number of benzene rings is 1. The molecular formula is C21H21ClO6. The Labute approximate surface area is 167 Å². The third kappa shape index (κ3) is 4.07. The van der Waals surface area contributed by atoms with Gasteiger partial charge >= 0.3 is 5.97 Å². The highest BCUT2D eigenvalue weighted by Gasteiger charge is 2.25. The minimum atomic E-state index is -1.01. The zero-order valence-electron chi connectivity index (χ0n) is 16.1. The van der Waals surface area contributed by atoms with Crippen LogP contribution < -0.4 is 10.2 Å². The second-order valence-corrected chi connectivity index (χ2v) is 7.36. The third-order valence-corrected chi connectivity index (χ3v) is 4.47. The average molecular weight is 405 g/mol. The Morgan fingerprint density at radius 2 is 2.00 bits per heavy atom. The summed E-state index contributed by atoms with van der Waals surface area (Å²) in [6.45, 7) is 7.44. The zero-order valence-corrected chi connectivity index (χ0v) is 16.8. The molecule has 0 aliphatic carbocycles. The first kappa shape index (κ1) is 20.0. The van der Waals surface area contributed by atoms with Crippen molar-refractivity contribution in [3.05, 3.63) is 51.3 Å². The smallest absolute Gasteiger partial charge is 0.347 e. The van der Waals surface area contributed by atoms with Crippen LogP contribution in [0, 0.1) is 12.8 Å². The largest absolute Gasteiger partial charge is 0.471 e. The topological polar surface area (TPSA) is 78.9 Å². The Morgan fingerprint density at radius 1 is 1.25 bits per heavy atom. The number of ether oxygens (including phenoxy) is 2. The van der Waals surface area contributed by atoms with E-state index in [-0.39, 0.29) is 29.4 Å². The number of esters is 1. The van der Waals surface area contributed by atoms with Gasteiger partial charge < -0.3 is 18.3 Å². The van der Waals surface area contributed by atoms with E-state index in [9.17, 15) is 9.59 Å². The minimum Gasteiger partial charge on any atom is -0.471 e. The van der Waals surface area contributed by atoms with Gasteiger partial charge in [-0.25, -0.2) is 4.79 Å². The van der Waals surface area contributed by atoms with E-state index in [0.29, 0.717) is 16.4 Å². The normalized spacial score (nSPS) is 12.4. The molecule has 0 radical (unpaired) electrons. The van der Waals surface area contributed by atoms with Crippen LogP contribution in [0.25, 0.3) is 22.5 Å². The number of carbonyl (C=O) groups is 1. The summed E-state index contributed by atoms with van der Waals surface area (Å²) in [5.41, 5.74) is 0.667. The maximum Gasteiger partial charge on any atom is 0.347 e. The second kappa shape index (κ2) is 8.10. The lowest BCUT2D eigenvalue weighted by Crippen LogP contribution is -2.29. The van der Waals surface area contributed by atoms with Gasteiger partial charge in [0, 0.05) is 5.02 Å². The van der Waals surface area contributed by atoms with Crippen LogP contribution in [0.15, 0.2) is 44.2 Å². The highest BCUT2D eigenvalue weighted by Crippen LogP contribution is 2.33. The molecule has 0 unspecified atom stereocenters. The minimum absolute atomic E-state index is 0.104. The monoisotopic (exact) mass is 404 g/mol. The van der Waals surface area contributed by atoms with Crippen molar-refractivity contribution in [2.24, 2.45) is 5.92 Å². The fraction of sp³-hybridized carbons (Fsp3) is 0.333. The number of halogens is 1. The lowest BCUT2D eigenvalue weighted by atomic mass is 10.1. The Hall–Kier alpha value is -2.73. The van der Waals surface area contributed by atoms with Crippen LogP contribution in [0.3, 0.4) is 0 Å². The van der Waals surface area contributed by atoms with Gasteiger partial charge in [-0.2, -0.15) is 0 Å². The standard InChI is InChI=1S/C21H21ClO6/c1-11(2)10-26-21(24)13(4)27-20-18(23)14-9-15(22)12(3)8-17(14)28-19(20)16-6-5-7-25-16/h5-9,11,13H,10H2,1-4H3/t13-/m0/s1. The van der Waals surface area contributed by atoms with Crippen LogP contribution in [0.1, 0.15) is 26.3 Å². The van der Waals surface area contributed by atoms with Crippen LogP contribution in [0.4, 0.5) is 0 Å². The molecule has 3 aromatic rings. The zero-order chi connectivity index (χ0) is 20.4. The van der Waals surface area contributed by atoms with Crippen molar-refractivity contribution in [3.63, 3.8) is 0 Å². The first-order valence-electron chi connectivity index (χ1n) is 8.92. The highest BCUT2D eigenvalue weighted by atomic mass is 35.5. The predicted octanol–water partition coefficient (Wildman–Crippen LogP) is 4.98. The van der Waals surface area contributed by atoms with Gasteiger partial charge in [-0.3, -0.25) is 4.79 Å². The average Bonchev–Trinajstić information content (AvgIpc) is 3.18. The lowest BCUT2D eigenvalue weighted by Gasteiger charge is -2.16. The van der Waals surface area contributed by atoms with Crippen LogP contribution >= 0.6 is 11.6 Å². The maximum absolute atomic E-state index is 13.1. The molecule has 0 spiro atoms. The van der Waals surface area contributed by atoms with E-state index < -0.39 is 17.5 Å². The van der Waals surface area contributed by atoms with Gasteiger partial charge in [-0.1, -0.05) is 25.4 Å². The molecular weight excluding hydrogens is 384 g/mol. The first-order chi connectivity index (χ1) is 13.3. The summed E-state index contributed by atoms with van der Waals surface area (Å²) in [5.74, 6) is -0.0973. The van der Waals surface area contributed by atoms with Gasteiger partial charge in [0.05, 0.1) is 18.3 Å². The van der Waals surface area contributed by atoms with E-state index >= 15 is 0 Å². The van der Waals surface area contributed by atoms with Crippen LogP contribution in [0.5, 0.6) is 5.75 Å². The number of hydrogen-bond donors (Lipinski definition) is 0. The molecule has 0 saturated heterocycles. The summed E-state index contributed by atoms with van der Waals surface area (Å²) in [6, 6.07) is 6.51. The van der Waals surface area contributed by atoms with E-state index in [0.717, 1.165) is 5.56 Å². The number of aryl methyl sites for hydroxylation is 1. The number of hydrogen-bond acceptors (Lipinski definition) is 6. The molecule has 3 rings (SSSR count). The fourth-order valence-corrected chi connectivity index (χ4v) is 2.73. The van der Waals surface area contributed by atoms with Crippen molar-refractivity contribution >= 4 is 28.5 Å². The van der Waals surface area contributed by atoms with Crippen LogP contribution in [-0.2, 0) is 9.53 Å². The van der Waals surface area contributed by atoms with Gasteiger partial charge in [0.15, 0.2) is 11.9 Å². The molecule has 0 bridgehead atoms. The third-order valence-electron chi connectivity index (χ3n) is 4.06. The second-order valence-electron chi connectivity index (χ2n) is 6.95. The molecule has 0 fully saturated rings. The SMILES string of the molecule is Cc1cc2oc(-c3ccco3)c(O[C@@H](C)C(=O)OCC(C)C)c(=O)c2cc1Cl. The molecule has 2 aromatic heterocycles. The molecule has 7 heteroatoms. The van der Waals surface area contributed by atoms with Crippen molar-refractivity contribution in [2.75, 3.05) is 6.61 Å². The van der Waals surface area contributed by atoms with Crippen LogP contribution in [0.2, 0.25) is 5.02 Å². The Kier molecular flexibility index (Phi) is 5.79.